The summed E-state index contributed by atoms with van der Waals surface area (Å²) in [6.45, 7) is 9.84. The number of aliphatic hydroxyl groups is 1. The van der Waals surface area contributed by atoms with Crippen LogP contribution >= 0.6 is 0 Å². The quantitative estimate of drug-likeness (QED) is 0.271. The first-order chi connectivity index (χ1) is 22.7. The van der Waals surface area contributed by atoms with E-state index in [-0.39, 0.29) is 30.2 Å². The Labute approximate surface area is 277 Å². The van der Waals surface area contributed by atoms with Gasteiger partial charge in [0.25, 0.3) is 0 Å². The van der Waals surface area contributed by atoms with E-state index in [2.05, 4.69) is 29.4 Å². The predicted molar refractivity (Wildman–Crippen MR) is 182 cm³/mol. The van der Waals surface area contributed by atoms with Gasteiger partial charge in [-0.1, -0.05) is 67.6 Å². The van der Waals surface area contributed by atoms with Crippen molar-refractivity contribution in [1.82, 2.24) is 10.2 Å². The molecule has 3 saturated heterocycles. The molecule has 0 aliphatic carbocycles. The maximum absolute atomic E-state index is 14.7. The molecular formula is C38H46N4O5. The second-order valence-corrected chi connectivity index (χ2v) is 13.4. The SMILES string of the molecule is CCN(CC)c1ccc(NC(=O)C2N([C@@H](CO)Cc3ccccc3)C(=O)[C@@H]3[C@H](C(=O)NCc4ccccc4)[C@@]4(C)OC23CC4C)cc1. The van der Waals surface area contributed by atoms with E-state index in [4.69, 9.17) is 4.74 Å². The van der Waals surface area contributed by atoms with Crippen molar-refractivity contribution >= 4 is 29.1 Å². The molecule has 3 amide bonds. The molecule has 3 aliphatic rings. The van der Waals surface area contributed by atoms with Gasteiger partial charge < -0.3 is 30.3 Å². The third-order valence-electron chi connectivity index (χ3n) is 10.8. The lowest BCUT2D eigenvalue weighted by molar-refractivity contribution is -0.149. The van der Waals surface area contributed by atoms with Crippen LogP contribution in [0, 0.1) is 17.8 Å². The summed E-state index contributed by atoms with van der Waals surface area (Å²) in [7, 11) is 0. The molecule has 3 aromatic carbocycles. The first-order valence-electron chi connectivity index (χ1n) is 16.8. The highest BCUT2D eigenvalue weighted by molar-refractivity contribution is 6.04. The van der Waals surface area contributed by atoms with E-state index < -0.39 is 35.1 Å². The molecular weight excluding hydrogens is 592 g/mol. The highest BCUT2D eigenvalue weighted by Gasteiger charge is 2.80. The molecule has 9 nitrogen and oxygen atoms in total. The monoisotopic (exact) mass is 638 g/mol. The van der Waals surface area contributed by atoms with E-state index in [9.17, 15) is 19.5 Å². The van der Waals surface area contributed by atoms with Crippen molar-refractivity contribution in [2.24, 2.45) is 17.8 Å². The van der Waals surface area contributed by atoms with E-state index in [1.165, 1.54) is 4.90 Å². The molecule has 3 unspecified atom stereocenters. The second-order valence-electron chi connectivity index (χ2n) is 13.4. The van der Waals surface area contributed by atoms with Crippen LogP contribution in [0.5, 0.6) is 0 Å². The summed E-state index contributed by atoms with van der Waals surface area (Å²) in [5.41, 5.74) is 1.37. The Morgan fingerprint density at radius 1 is 0.957 bits per heavy atom. The lowest BCUT2D eigenvalue weighted by Gasteiger charge is -2.37. The standard InChI is InChI=1S/C38H46N4O5/c1-5-41(6-2)29-19-17-28(18-20-29)40-35(45)33-38-22-25(3)37(4,47-38)31(34(44)39-23-27-15-11-8-12-16-27)32(38)36(46)42(33)30(24-43)21-26-13-9-7-10-14-26/h7-20,25,30-33,43H,5-6,21-24H2,1-4H3,(H,39,44)(H,40,45)/t25?,30-,31-,32+,33?,37+,38?/m1/s1. The summed E-state index contributed by atoms with van der Waals surface area (Å²) in [6.07, 6.45) is 0.799. The molecule has 7 atom stereocenters. The van der Waals surface area contributed by atoms with Crippen LogP contribution in [0.4, 0.5) is 11.4 Å². The zero-order chi connectivity index (χ0) is 33.3. The Kier molecular flexibility index (Phi) is 9.14. The lowest BCUT2D eigenvalue weighted by atomic mass is 9.62. The largest absolute Gasteiger partial charge is 0.394 e. The molecule has 0 aromatic heterocycles. The maximum atomic E-state index is 14.7. The number of amides is 3. The van der Waals surface area contributed by atoms with Crippen molar-refractivity contribution in [3.63, 3.8) is 0 Å². The van der Waals surface area contributed by atoms with E-state index >= 15 is 0 Å². The highest BCUT2D eigenvalue weighted by Crippen LogP contribution is 2.65. The van der Waals surface area contributed by atoms with Gasteiger partial charge in [-0.05, 0) is 74.9 Å². The predicted octanol–water partition coefficient (Wildman–Crippen LogP) is 4.40. The van der Waals surface area contributed by atoms with Crippen LogP contribution < -0.4 is 15.5 Å². The molecule has 0 saturated carbocycles. The van der Waals surface area contributed by atoms with Gasteiger partial charge in [-0.3, -0.25) is 14.4 Å². The first kappa shape index (κ1) is 32.7. The number of ether oxygens (including phenoxy) is 1. The van der Waals surface area contributed by atoms with Crippen LogP contribution in [0.25, 0.3) is 0 Å². The van der Waals surface area contributed by atoms with Crippen molar-refractivity contribution in [1.29, 1.82) is 0 Å². The van der Waals surface area contributed by atoms with Gasteiger partial charge in [0.2, 0.25) is 17.7 Å². The maximum Gasteiger partial charge on any atom is 0.250 e. The summed E-state index contributed by atoms with van der Waals surface area (Å²) < 4.78 is 6.89. The molecule has 47 heavy (non-hydrogen) atoms. The molecule has 3 fully saturated rings. The van der Waals surface area contributed by atoms with Gasteiger partial charge in [0, 0.05) is 31.0 Å². The fourth-order valence-electron chi connectivity index (χ4n) is 8.36. The van der Waals surface area contributed by atoms with Crippen LogP contribution in [0.15, 0.2) is 84.9 Å². The summed E-state index contributed by atoms with van der Waals surface area (Å²) in [4.78, 5) is 47.1. The van der Waals surface area contributed by atoms with Gasteiger partial charge in [-0.25, -0.2) is 0 Å². The van der Waals surface area contributed by atoms with Gasteiger partial charge in [0.05, 0.1) is 30.1 Å². The average Bonchev–Trinajstić information content (AvgIpc) is 3.61. The molecule has 2 bridgehead atoms. The topological polar surface area (TPSA) is 111 Å². The van der Waals surface area contributed by atoms with Crippen LogP contribution in [-0.4, -0.2) is 70.7 Å². The molecule has 3 aromatic rings. The first-order valence-corrected chi connectivity index (χ1v) is 16.8. The van der Waals surface area contributed by atoms with Crippen LogP contribution in [-0.2, 0) is 32.1 Å². The number of fused-ring (bicyclic) bond motifs is 1. The van der Waals surface area contributed by atoms with Crippen molar-refractivity contribution < 1.29 is 24.2 Å². The van der Waals surface area contributed by atoms with E-state index in [0.29, 0.717) is 25.1 Å². The van der Waals surface area contributed by atoms with Gasteiger partial charge in [0.1, 0.15) is 11.6 Å². The molecule has 3 heterocycles. The molecule has 3 N–H and O–H groups in total. The number of benzene rings is 3. The van der Waals surface area contributed by atoms with Crippen molar-refractivity contribution in [3.05, 3.63) is 96.1 Å². The van der Waals surface area contributed by atoms with Gasteiger partial charge in [0.15, 0.2) is 0 Å². The molecule has 3 aliphatic heterocycles. The summed E-state index contributed by atoms with van der Waals surface area (Å²) in [5, 5.41) is 16.9. The number of rotatable bonds is 12. The zero-order valence-corrected chi connectivity index (χ0v) is 27.7. The summed E-state index contributed by atoms with van der Waals surface area (Å²) in [5.74, 6) is -2.74. The highest BCUT2D eigenvalue weighted by atomic mass is 16.5. The smallest absolute Gasteiger partial charge is 0.250 e. The number of anilines is 2. The zero-order valence-electron chi connectivity index (χ0n) is 27.7. The number of hydrogen-bond donors (Lipinski definition) is 3. The minimum Gasteiger partial charge on any atom is -0.394 e. The van der Waals surface area contributed by atoms with Crippen molar-refractivity contribution in [2.75, 3.05) is 29.9 Å². The Balaban J connectivity index is 1.36. The minimum absolute atomic E-state index is 0.0932. The van der Waals surface area contributed by atoms with Crippen LogP contribution in [0.2, 0.25) is 0 Å². The second kappa shape index (κ2) is 13.1. The summed E-state index contributed by atoms with van der Waals surface area (Å²) >= 11 is 0. The Hall–Kier alpha value is -4.21. The number of nitrogens with zero attached hydrogens (tertiary/aromatic N) is 2. The number of hydrogen-bond acceptors (Lipinski definition) is 6. The number of nitrogens with one attached hydrogen (secondary N) is 2. The molecule has 248 valence electrons. The molecule has 1 spiro atoms. The third kappa shape index (κ3) is 5.69. The van der Waals surface area contributed by atoms with Gasteiger partial charge in [-0.15, -0.1) is 0 Å². The van der Waals surface area contributed by atoms with E-state index in [1.807, 2.05) is 98.8 Å². The fourth-order valence-corrected chi connectivity index (χ4v) is 8.36. The number of carbonyl (C=O) groups is 3. The number of aliphatic hydroxyl groups excluding tert-OH is 1. The van der Waals surface area contributed by atoms with Gasteiger partial charge in [-0.2, -0.15) is 0 Å². The van der Waals surface area contributed by atoms with Crippen LogP contribution in [0.1, 0.15) is 45.2 Å². The average molecular weight is 639 g/mol. The normalized spacial score (nSPS) is 28.2. The Morgan fingerprint density at radius 3 is 2.17 bits per heavy atom. The van der Waals surface area contributed by atoms with Crippen LogP contribution in [0.3, 0.4) is 0 Å². The number of carbonyl (C=O) groups excluding carboxylic acids is 3. The summed E-state index contributed by atoms with van der Waals surface area (Å²) in [6, 6.07) is 25.2. The Bertz CT molecular complexity index is 1580. The molecule has 6 rings (SSSR count). The third-order valence-corrected chi connectivity index (χ3v) is 10.8. The lowest BCUT2D eigenvalue weighted by Crippen LogP contribution is -2.57. The van der Waals surface area contributed by atoms with Crippen molar-refractivity contribution in [2.45, 2.75) is 70.4 Å². The van der Waals surface area contributed by atoms with E-state index in [0.717, 1.165) is 29.9 Å². The fraction of sp³-hybridized carbons (Fsp3) is 0.447. The molecule has 9 heteroatoms. The Morgan fingerprint density at radius 2 is 1.57 bits per heavy atom. The minimum atomic E-state index is -1.23. The van der Waals surface area contributed by atoms with Crippen molar-refractivity contribution in [3.8, 4) is 0 Å². The van der Waals surface area contributed by atoms with E-state index in [1.54, 1.807) is 0 Å². The molecule has 0 radical (unpaired) electrons. The van der Waals surface area contributed by atoms with Gasteiger partial charge >= 0.3 is 0 Å². The number of likely N-dealkylation sites (tertiary alicyclic amines) is 1.